The number of ether oxygens (including phenoxy) is 3. The second-order valence-electron chi connectivity index (χ2n) is 7.63. The fourth-order valence-corrected chi connectivity index (χ4v) is 3.62. The lowest BCUT2D eigenvalue weighted by Crippen LogP contribution is -2.25. The van der Waals surface area contributed by atoms with Gasteiger partial charge in [0, 0.05) is 36.5 Å². The fourth-order valence-electron chi connectivity index (χ4n) is 3.62. The molecule has 0 amide bonds. The van der Waals surface area contributed by atoms with Gasteiger partial charge in [0.1, 0.15) is 23.1 Å². The molecular weight excluding hydrogens is 406 g/mol. The summed E-state index contributed by atoms with van der Waals surface area (Å²) in [4.78, 5) is 9.05. The van der Waals surface area contributed by atoms with Crippen molar-refractivity contribution >= 4 is 22.7 Å². The third kappa shape index (κ3) is 5.26. The van der Waals surface area contributed by atoms with E-state index >= 15 is 0 Å². The third-order valence-electron chi connectivity index (χ3n) is 5.32. The molecule has 1 atom stereocenters. The van der Waals surface area contributed by atoms with E-state index in [-0.39, 0.29) is 6.04 Å². The zero-order chi connectivity index (χ0) is 23.3. The first-order valence-corrected chi connectivity index (χ1v) is 10.5. The van der Waals surface area contributed by atoms with Gasteiger partial charge in [0.05, 0.1) is 38.1 Å². The van der Waals surface area contributed by atoms with Crippen molar-refractivity contribution < 1.29 is 14.2 Å². The van der Waals surface area contributed by atoms with E-state index < -0.39 is 0 Å². The second kappa shape index (κ2) is 10.3. The standard InChI is InChI=1S/C24H31N5O3/c1-14-7-8-19-18(11-14)15(2)27-24(28-19)29-22(25)9-10-26-16(3)23-20(31-5)12-17(30-4)13-21(23)32-6/h7-8,11-13,16,26H,9-10H2,1-6H3,(H2,25,27,28,29). The maximum absolute atomic E-state index is 8.30. The van der Waals surface area contributed by atoms with E-state index in [0.717, 1.165) is 22.2 Å². The molecule has 2 aromatic carbocycles. The Morgan fingerprint density at radius 1 is 1.00 bits per heavy atom. The molecule has 3 aromatic rings. The van der Waals surface area contributed by atoms with E-state index in [2.05, 4.69) is 26.7 Å². The summed E-state index contributed by atoms with van der Waals surface area (Å²) in [6.07, 6.45) is 0.486. The van der Waals surface area contributed by atoms with E-state index in [1.54, 1.807) is 21.3 Å². The number of nitrogens with one attached hydrogen (secondary N) is 3. The Kier molecular flexibility index (Phi) is 7.48. The number of benzene rings is 2. The molecule has 0 aliphatic heterocycles. The van der Waals surface area contributed by atoms with Crippen LogP contribution < -0.4 is 24.8 Å². The molecule has 8 heteroatoms. The van der Waals surface area contributed by atoms with Crippen LogP contribution in [0.5, 0.6) is 17.2 Å². The quantitative estimate of drug-likeness (QED) is 0.337. The van der Waals surface area contributed by atoms with Crippen molar-refractivity contribution in [3.8, 4) is 17.2 Å². The third-order valence-corrected chi connectivity index (χ3v) is 5.32. The molecule has 0 radical (unpaired) electrons. The van der Waals surface area contributed by atoms with Gasteiger partial charge in [0.25, 0.3) is 0 Å². The van der Waals surface area contributed by atoms with Crippen molar-refractivity contribution in [2.75, 3.05) is 33.2 Å². The molecule has 8 nitrogen and oxygen atoms in total. The molecule has 0 bridgehead atoms. The largest absolute Gasteiger partial charge is 0.496 e. The zero-order valence-electron chi connectivity index (χ0n) is 19.5. The van der Waals surface area contributed by atoms with E-state index in [4.69, 9.17) is 19.6 Å². The summed E-state index contributed by atoms with van der Waals surface area (Å²) in [5, 5.41) is 15.8. The molecule has 0 saturated carbocycles. The highest BCUT2D eigenvalue weighted by molar-refractivity contribution is 5.92. The number of fused-ring (bicyclic) bond motifs is 1. The van der Waals surface area contributed by atoms with Gasteiger partial charge in [0.2, 0.25) is 5.95 Å². The van der Waals surface area contributed by atoms with Crippen LogP contribution in [-0.4, -0.2) is 43.7 Å². The van der Waals surface area contributed by atoms with Crippen LogP contribution in [0.1, 0.15) is 36.2 Å². The Labute approximate surface area is 188 Å². The highest BCUT2D eigenvalue weighted by atomic mass is 16.5. The average molecular weight is 438 g/mol. The minimum absolute atomic E-state index is 0.0546. The number of rotatable bonds is 9. The van der Waals surface area contributed by atoms with Crippen molar-refractivity contribution in [3.05, 3.63) is 47.2 Å². The minimum Gasteiger partial charge on any atom is -0.496 e. The summed E-state index contributed by atoms with van der Waals surface area (Å²) in [5.41, 5.74) is 3.82. The summed E-state index contributed by atoms with van der Waals surface area (Å²) in [6.45, 7) is 6.61. The van der Waals surface area contributed by atoms with E-state index in [0.29, 0.717) is 42.0 Å². The molecule has 1 heterocycles. The molecule has 0 aliphatic rings. The molecule has 0 aliphatic carbocycles. The highest BCUT2D eigenvalue weighted by Gasteiger charge is 2.19. The van der Waals surface area contributed by atoms with Crippen molar-refractivity contribution in [2.45, 2.75) is 33.2 Å². The van der Waals surface area contributed by atoms with Gasteiger partial charge < -0.3 is 24.8 Å². The topological polar surface area (TPSA) is 101 Å². The Morgan fingerprint density at radius 3 is 2.31 bits per heavy atom. The highest BCUT2D eigenvalue weighted by Crippen LogP contribution is 2.38. The van der Waals surface area contributed by atoms with Crippen molar-refractivity contribution in [2.24, 2.45) is 0 Å². The molecule has 32 heavy (non-hydrogen) atoms. The van der Waals surface area contributed by atoms with Gasteiger partial charge in [-0.15, -0.1) is 0 Å². The normalized spacial score (nSPS) is 11.8. The predicted octanol–water partition coefficient (Wildman–Crippen LogP) is 4.40. The molecular formula is C24H31N5O3. The zero-order valence-corrected chi connectivity index (χ0v) is 19.5. The number of methoxy groups -OCH3 is 3. The average Bonchev–Trinajstić information content (AvgIpc) is 2.78. The van der Waals surface area contributed by atoms with Crippen LogP contribution in [0, 0.1) is 19.3 Å². The Morgan fingerprint density at radius 2 is 1.69 bits per heavy atom. The maximum atomic E-state index is 8.30. The van der Waals surface area contributed by atoms with Gasteiger partial charge in [-0.3, -0.25) is 5.41 Å². The van der Waals surface area contributed by atoms with Crippen molar-refractivity contribution in [3.63, 3.8) is 0 Å². The molecule has 170 valence electrons. The summed E-state index contributed by atoms with van der Waals surface area (Å²) >= 11 is 0. The maximum Gasteiger partial charge on any atom is 0.228 e. The summed E-state index contributed by atoms with van der Waals surface area (Å²) in [6, 6.07) is 9.69. The van der Waals surface area contributed by atoms with Crippen LogP contribution in [0.2, 0.25) is 0 Å². The van der Waals surface area contributed by atoms with Crippen LogP contribution in [0.3, 0.4) is 0 Å². The van der Waals surface area contributed by atoms with Gasteiger partial charge in [-0.05, 0) is 32.9 Å². The van der Waals surface area contributed by atoms with Crippen LogP contribution >= 0.6 is 0 Å². The van der Waals surface area contributed by atoms with E-state index in [9.17, 15) is 0 Å². The fraction of sp³-hybridized carbons (Fsp3) is 0.375. The molecule has 3 N–H and O–H groups in total. The lowest BCUT2D eigenvalue weighted by Gasteiger charge is -2.21. The summed E-state index contributed by atoms with van der Waals surface area (Å²) < 4.78 is 16.4. The number of nitrogens with zero attached hydrogens (tertiary/aromatic N) is 2. The van der Waals surface area contributed by atoms with Gasteiger partial charge in [-0.2, -0.15) is 0 Å². The smallest absolute Gasteiger partial charge is 0.228 e. The molecule has 1 unspecified atom stereocenters. The number of anilines is 1. The van der Waals surface area contributed by atoms with Crippen molar-refractivity contribution in [1.29, 1.82) is 5.41 Å². The van der Waals surface area contributed by atoms with Crippen LogP contribution in [0.15, 0.2) is 30.3 Å². The lowest BCUT2D eigenvalue weighted by molar-refractivity contribution is 0.360. The minimum atomic E-state index is -0.0546. The molecule has 0 saturated heterocycles. The Balaban J connectivity index is 1.63. The number of aromatic nitrogens is 2. The number of amidine groups is 1. The number of hydrogen-bond acceptors (Lipinski definition) is 7. The Bertz CT molecular complexity index is 1090. The molecule has 0 spiro atoms. The first-order chi connectivity index (χ1) is 15.4. The van der Waals surface area contributed by atoms with Crippen LogP contribution in [0.25, 0.3) is 10.9 Å². The monoisotopic (exact) mass is 437 g/mol. The molecule has 1 aromatic heterocycles. The van der Waals surface area contributed by atoms with E-state index in [1.807, 2.05) is 45.0 Å². The molecule has 3 rings (SSSR count). The number of aryl methyl sites for hydroxylation is 2. The Hall–Kier alpha value is -3.39. The van der Waals surface area contributed by atoms with Gasteiger partial charge >= 0.3 is 0 Å². The molecule has 0 fully saturated rings. The summed E-state index contributed by atoms with van der Waals surface area (Å²) in [7, 11) is 4.85. The van der Waals surface area contributed by atoms with Crippen LogP contribution in [-0.2, 0) is 0 Å². The van der Waals surface area contributed by atoms with Gasteiger partial charge in [0.15, 0.2) is 0 Å². The number of hydrogen-bond donors (Lipinski definition) is 3. The van der Waals surface area contributed by atoms with Gasteiger partial charge in [-0.25, -0.2) is 9.97 Å². The van der Waals surface area contributed by atoms with E-state index in [1.165, 1.54) is 5.56 Å². The first kappa shape index (κ1) is 23.3. The SMILES string of the molecule is COc1cc(OC)c(C(C)NCCC(=N)Nc2nc(C)c3cc(C)ccc3n2)c(OC)c1. The van der Waals surface area contributed by atoms with Crippen molar-refractivity contribution in [1.82, 2.24) is 15.3 Å². The second-order valence-corrected chi connectivity index (χ2v) is 7.63. The first-order valence-electron chi connectivity index (χ1n) is 10.5. The lowest BCUT2D eigenvalue weighted by atomic mass is 10.0. The van der Waals surface area contributed by atoms with Gasteiger partial charge in [-0.1, -0.05) is 11.6 Å². The van der Waals surface area contributed by atoms with Crippen LogP contribution in [0.4, 0.5) is 5.95 Å². The predicted molar refractivity (Wildman–Crippen MR) is 127 cm³/mol. The summed E-state index contributed by atoms with van der Waals surface area (Å²) in [5.74, 6) is 2.82.